The van der Waals surface area contributed by atoms with Crippen LogP contribution in [0.5, 0.6) is 0 Å². The third kappa shape index (κ3) is 3.29. The molecule has 0 unspecified atom stereocenters. The minimum Gasteiger partial charge on any atom is -0.394 e. The van der Waals surface area contributed by atoms with Crippen molar-refractivity contribution in [2.24, 2.45) is 0 Å². The summed E-state index contributed by atoms with van der Waals surface area (Å²) in [5.41, 5.74) is 0. The van der Waals surface area contributed by atoms with Gasteiger partial charge in [-0.05, 0) is 0 Å². The maximum absolute atomic E-state index is 10.0. The van der Waals surface area contributed by atoms with Crippen LogP contribution >= 0.6 is 0 Å². The molecule has 0 fully saturated rings. The van der Waals surface area contributed by atoms with E-state index in [4.69, 9.17) is 32.0 Å². The van der Waals surface area contributed by atoms with Crippen molar-refractivity contribution in [3.63, 3.8) is 0 Å². The molecule has 14 heavy (non-hydrogen) atoms. The van der Waals surface area contributed by atoms with Crippen LogP contribution in [0.2, 0.25) is 0 Å². The molecule has 0 bridgehead atoms. The average molecular weight is 211 g/mol. The first-order chi connectivity index (χ1) is 6.77. The van der Waals surface area contributed by atoms with Crippen LogP contribution in [-0.2, 0) is 4.79 Å². The summed E-state index contributed by atoms with van der Waals surface area (Å²) >= 11 is 0. The highest BCUT2D eigenvalue weighted by Gasteiger charge is 2.33. The molecule has 0 amide bonds. The van der Waals surface area contributed by atoms with Gasteiger partial charge in [0.2, 0.25) is 0 Å². The molecule has 0 aliphatic heterocycles. The summed E-state index contributed by atoms with van der Waals surface area (Å²) in [5.74, 6) is 0. The average Bonchev–Trinajstić information content (AvgIpc) is 2.24. The first kappa shape index (κ1) is 11.5. The summed E-state index contributed by atoms with van der Waals surface area (Å²) in [6, 6.07) is 0. The second-order valence-electron chi connectivity index (χ2n) is 2.70. The number of carbonyl (C=O) groups excluding carboxylic acids is 1. The molecule has 0 aliphatic carbocycles. The zero-order valence-electron chi connectivity index (χ0n) is 8.19. The van der Waals surface area contributed by atoms with Gasteiger partial charge in [0.15, 0.2) is 6.29 Å². The molecule has 0 spiro atoms. The Kier molecular flexibility index (Phi) is 4.94. The Morgan fingerprint density at radius 2 is 1.57 bits per heavy atom. The minimum atomic E-state index is -2.79. The first-order valence-electron chi connectivity index (χ1n) is 4.28. The van der Waals surface area contributed by atoms with Gasteiger partial charge in [-0.15, -0.1) is 0 Å². The molecule has 0 heterocycles. The fourth-order valence-electron chi connectivity index (χ4n) is 0.760. The van der Waals surface area contributed by atoms with Crippen molar-refractivity contribution < 1.29 is 36.8 Å². The number of aliphatic hydroxyl groups excluding tert-OH is 5. The number of aliphatic hydroxyl groups is 6. The summed E-state index contributed by atoms with van der Waals surface area (Å²) in [4.78, 5) is 10.0. The molecule has 7 heteroatoms. The molecule has 0 rings (SSSR count). The topological polar surface area (TPSA) is 138 Å². The van der Waals surface area contributed by atoms with Crippen LogP contribution < -0.4 is 0 Å². The molecule has 0 saturated carbocycles. The molecule has 6 N–H and O–H groups in total. The Balaban J connectivity index is 4.56. The lowest BCUT2D eigenvalue weighted by atomic mass is 10.0. The number of hydrogen-bond donors (Lipinski definition) is 6. The predicted molar refractivity (Wildman–Crippen MR) is 43.2 cm³/mol. The molecule has 0 saturated heterocycles. The van der Waals surface area contributed by atoms with Gasteiger partial charge in [0.1, 0.15) is 30.5 Å². The second kappa shape index (κ2) is 6.02. The lowest BCUT2D eigenvalue weighted by Crippen LogP contribution is -2.50. The lowest BCUT2D eigenvalue weighted by Gasteiger charge is -2.26. The van der Waals surface area contributed by atoms with Crippen LogP contribution in [0.1, 0.15) is 1.37 Å². The van der Waals surface area contributed by atoms with E-state index in [1.165, 1.54) is 0 Å². The standard InChI is InChI=1S/C7H14O7/c8-1-3(10)5(12)7(14)6(13)4(11)2-9/h1,3-7,9-14H,2H2/t3-,4-,5-,6-,7+/m1/s1/i4D. The van der Waals surface area contributed by atoms with Crippen molar-refractivity contribution in [1.82, 2.24) is 0 Å². The van der Waals surface area contributed by atoms with E-state index in [1.54, 1.807) is 0 Å². The van der Waals surface area contributed by atoms with Crippen LogP contribution in [0.25, 0.3) is 0 Å². The summed E-state index contributed by atoms with van der Waals surface area (Å²) < 4.78 is 6.92. The van der Waals surface area contributed by atoms with Gasteiger partial charge >= 0.3 is 0 Å². The van der Waals surface area contributed by atoms with E-state index in [0.717, 1.165) is 0 Å². The molecular weight excluding hydrogens is 196 g/mol. The van der Waals surface area contributed by atoms with Crippen molar-refractivity contribution in [3.8, 4) is 0 Å². The van der Waals surface area contributed by atoms with Crippen LogP contribution in [0.4, 0.5) is 0 Å². The summed E-state index contributed by atoms with van der Waals surface area (Å²) in [7, 11) is 0. The highest BCUT2D eigenvalue weighted by atomic mass is 16.4. The molecular formula is C7H14O7. The van der Waals surface area contributed by atoms with Gasteiger partial charge in [-0.1, -0.05) is 0 Å². The van der Waals surface area contributed by atoms with Gasteiger partial charge in [-0.2, -0.15) is 0 Å². The number of carbonyl (C=O) groups is 1. The Bertz CT molecular complexity index is 210. The third-order valence-electron chi connectivity index (χ3n) is 1.67. The highest BCUT2D eigenvalue weighted by Crippen LogP contribution is 2.07. The van der Waals surface area contributed by atoms with Gasteiger partial charge in [-0.3, -0.25) is 0 Å². The van der Waals surface area contributed by atoms with Gasteiger partial charge in [0.25, 0.3) is 0 Å². The lowest BCUT2D eigenvalue weighted by molar-refractivity contribution is -0.147. The van der Waals surface area contributed by atoms with E-state index in [0.29, 0.717) is 0 Å². The fourth-order valence-corrected chi connectivity index (χ4v) is 0.760. The minimum absolute atomic E-state index is 0.0808. The maximum atomic E-state index is 10.0. The van der Waals surface area contributed by atoms with Gasteiger partial charge < -0.3 is 35.4 Å². The number of rotatable bonds is 6. The molecule has 84 valence electrons. The molecule has 0 aliphatic rings. The Hall–Kier alpha value is -0.570. The van der Waals surface area contributed by atoms with Crippen LogP contribution in [0.15, 0.2) is 0 Å². The maximum Gasteiger partial charge on any atom is 0.151 e. The molecule has 0 radical (unpaired) electrons. The normalized spacial score (nSPS) is 25.4. The van der Waals surface area contributed by atoms with Crippen molar-refractivity contribution in [2.75, 3.05) is 6.61 Å². The van der Waals surface area contributed by atoms with E-state index in [1.807, 2.05) is 0 Å². The Labute approximate surface area is 81.3 Å². The van der Waals surface area contributed by atoms with Crippen LogP contribution in [0.3, 0.4) is 0 Å². The molecule has 0 aromatic rings. The third-order valence-corrected chi connectivity index (χ3v) is 1.67. The first-order valence-corrected chi connectivity index (χ1v) is 3.78. The van der Waals surface area contributed by atoms with E-state index in [-0.39, 0.29) is 6.29 Å². The molecule has 0 aromatic carbocycles. The molecule has 7 nitrogen and oxygen atoms in total. The van der Waals surface area contributed by atoms with Crippen molar-refractivity contribution in [3.05, 3.63) is 0 Å². The van der Waals surface area contributed by atoms with E-state index in [9.17, 15) is 4.79 Å². The van der Waals surface area contributed by atoms with Crippen LogP contribution in [-0.4, -0.2) is 74.0 Å². The molecule has 0 aromatic heterocycles. The van der Waals surface area contributed by atoms with Gasteiger partial charge in [0.05, 0.1) is 7.98 Å². The SMILES string of the molecule is [2H][C@@](O)(CO)[C@@H](O)[C@@H](O)[C@H](O)[C@H](O)C=O. The predicted octanol–water partition coefficient (Wildman–Crippen LogP) is -4.02. The highest BCUT2D eigenvalue weighted by molar-refractivity contribution is 5.56. The van der Waals surface area contributed by atoms with E-state index >= 15 is 0 Å². The number of aldehydes is 1. The monoisotopic (exact) mass is 211 g/mol. The van der Waals surface area contributed by atoms with Crippen molar-refractivity contribution in [1.29, 1.82) is 0 Å². The summed E-state index contributed by atoms with van der Waals surface area (Å²) in [6.45, 7) is -1.19. The van der Waals surface area contributed by atoms with E-state index in [2.05, 4.69) is 0 Å². The summed E-state index contributed by atoms with van der Waals surface area (Å²) in [6.07, 6.45) is -11.2. The van der Waals surface area contributed by atoms with E-state index < -0.39 is 37.1 Å². The van der Waals surface area contributed by atoms with Crippen molar-refractivity contribution >= 4 is 6.29 Å². The van der Waals surface area contributed by atoms with Crippen LogP contribution in [0, 0.1) is 0 Å². The Morgan fingerprint density at radius 1 is 1.07 bits per heavy atom. The Morgan fingerprint density at radius 3 is 1.93 bits per heavy atom. The zero-order chi connectivity index (χ0) is 12.2. The van der Waals surface area contributed by atoms with Gasteiger partial charge in [0, 0.05) is 0 Å². The zero-order valence-corrected chi connectivity index (χ0v) is 7.19. The smallest absolute Gasteiger partial charge is 0.151 e. The molecule has 5 atom stereocenters. The second-order valence-corrected chi connectivity index (χ2v) is 2.70. The fraction of sp³-hybridized carbons (Fsp3) is 0.857. The quantitative estimate of drug-likeness (QED) is 0.246. The summed E-state index contributed by atoms with van der Waals surface area (Å²) in [5, 5.41) is 53.6. The largest absolute Gasteiger partial charge is 0.394 e. The van der Waals surface area contributed by atoms with Crippen molar-refractivity contribution in [2.45, 2.75) is 30.5 Å². The van der Waals surface area contributed by atoms with Gasteiger partial charge in [-0.25, -0.2) is 0 Å². The number of hydrogen-bond acceptors (Lipinski definition) is 7.